The van der Waals surface area contributed by atoms with Crippen LogP contribution in [0.2, 0.25) is 0 Å². The molecule has 8 heteroatoms. The average Bonchev–Trinajstić information content (AvgIpc) is 3.04. The first-order valence-electron chi connectivity index (χ1n) is 8.41. The Morgan fingerprint density at radius 1 is 1.31 bits per heavy atom. The Morgan fingerprint density at radius 2 is 2.00 bits per heavy atom. The molecule has 5 nitrogen and oxygen atoms in total. The van der Waals surface area contributed by atoms with Gasteiger partial charge in [-0.3, -0.25) is 9.59 Å². The van der Waals surface area contributed by atoms with E-state index in [-0.39, 0.29) is 47.6 Å². The van der Waals surface area contributed by atoms with Crippen LogP contribution >= 0.6 is 0 Å². The van der Waals surface area contributed by atoms with Gasteiger partial charge < -0.3 is 9.84 Å². The highest BCUT2D eigenvalue weighted by atomic mass is 19.4. The molecule has 0 aliphatic heterocycles. The maximum atomic E-state index is 12.9. The lowest BCUT2D eigenvalue weighted by Crippen LogP contribution is -2.28. The Bertz CT molecular complexity index is 785. The van der Waals surface area contributed by atoms with E-state index >= 15 is 0 Å². The molecule has 1 saturated carbocycles. The van der Waals surface area contributed by atoms with Gasteiger partial charge in [0.2, 0.25) is 5.78 Å². The molecule has 2 atom stereocenters. The van der Waals surface area contributed by atoms with Gasteiger partial charge in [0.05, 0.1) is 12.3 Å². The second kappa shape index (κ2) is 6.83. The van der Waals surface area contributed by atoms with E-state index in [4.69, 9.17) is 4.74 Å². The number of alkyl halides is 3. The van der Waals surface area contributed by atoms with Crippen LogP contribution in [0.1, 0.15) is 47.9 Å². The molecular formula is C18H18F3NO4. The van der Waals surface area contributed by atoms with E-state index in [1.807, 2.05) is 0 Å². The number of aliphatic hydroxyl groups excluding tert-OH is 1. The molecule has 1 aromatic rings. The third-order valence-electron chi connectivity index (χ3n) is 4.87. The minimum Gasteiger partial charge on any atom is -0.511 e. The monoisotopic (exact) mass is 369 g/mol. The summed E-state index contributed by atoms with van der Waals surface area (Å²) in [6.45, 7) is 1.59. The maximum Gasteiger partial charge on any atom is 0.433 e. The molecular weight excluding hydrogens is 351 g/mol. The van der Waals surface area contributed by atoms with E-state index in [1.165, 1.54) is 0 Å². The number of hydrogen-bond acceptors (Lipinski definition) is 5. The van der Waals surface area contributed by atoms with Crippen molar-refractivity contribution in [3.05, 3.63) is 40.4 Å². The summed E-state index contributed by atoms with van der Waals surface area (Å²) in [5.41, 5.74) is -1.81. The lowest BCUT2D eigenvalue weighted by molar-refractivity contribution is -0.141. The van der Waals surface area contributed by atoms with Crippen LogP contribution in [0.4, 0.5) is 13.2 Å². The summed E-state index contributed by atoms with van der Waals surface area (Å²) in [6.07, 6.45) is -2.93. The third-order valence-corrected chi connectivity index (χ3v) is 4.87. The van der Waals surface area contributed by atoms with Crippen LogP contribution in [-0.4, -0.2) is 28.3 Å². The van der Waals surface area contributed by atoms with Crippen molar-refractivity contribution in [1.82, 2.24) is 4.98 Å². The number of carbonyl (C=O) groups is 2. The van der Waals surface area contributed by atoms with E-state index in [0.717, 1.165) is 6.07 Å². The smallest absolute Gasteiger partial charge is 0.433 e. The molecule has 2 unspecified atom stereocenters. The molecule has 0 aromatic carbocycles. The predicted octanol–water partition coefficient (Wildman–Crippen LogP) is 3.63. The molecule has 140 valence electrons. The van der Waals surface area contributed by atoms with Gasteiger partial charge in [-0.1, -0.05) is 0 Å². The first-order chi connectivity index (χ1) is 12.2. The number of ketones is 2. The number of rotatable bonds is 5. The average molecular weight is 369 g/mol. The molecule has 1 heterocycles. The highest BCUT2D eigenvalue weighted by Crippen LogP contribution is 2.43. The number of Topliss-reactive ketones (excluding diaryl/α,β-unsaturated/α-hetero) is 2. The van der Waals surface area contributed by atoms with E-state index in [1.54, 1.807) is 6.92 Å². The highest BCUT2D eigenvalue weighted by Gasteiger charge is 2.44. The van der Waals surface area contributed by atoms with Crippen molar-refractivity contribution in [3.63, 3.8) is 0 Å². The third kappa shape index (κ3) is 3.25. The summed E-state index contributed by atoms with van der Waals surface area (Å²) in [5.74, 6) is -2.04. The number of pyridine rings is 1. The molecule has 0 radical (unpaired) electrons. The summed E-state index contributed by atoms with van der Waals surface area (Å²) in [7, 11) is 0. The first kappa shape index (κ1) is 18.6. The lowest BCUT2D eigenvalue weighted by Gasteiger charge is -2.21. The SMILES string of the molecule is CCOCc1nc(C(F)(F)F)ccc1C(=O)C1=C(O)C2CCC(C2)C1=O. The Hall–Kier alpha value is -2.22. The molecule has 0 spiro atoms. The van der Waals surface area contributed by atoms with Crippen molar-refractivity contribution in [3.8, 4) is 0 Å². The number of nitrogens with zero attached hydrogens (tertiary/aromatic N) is 1. The van der Waals surface area contributed by atoms with E-state index in [2.05, 4.69) is 4.98 Å². The van der Waals surface area contributed by atoms with Gasteiger partial charge >= 0.3 is 6.18 Å². The standard InChI is InChI=1S/C18H18F3NO4/c1-2-26-8-12-11(5-6-13(22-12)18(19,20)21)17(25)14-15(23)9-3-4-10(7-9)16(14)24/h5-6,9-10,23H,2-4,7-8H2,1H3. The number of aromatic nitrogens is 1. The minimum absolute atomic E-state index is 0.150. The molecule has 1 fully saturated rings. The number of ether oxygens (including phenoxy) is 1. The van der Waals surface area contributed by atoms with Crippen LogP contribution in [0.25, 0.3) is 0 Å². The molecule has 3 rings (SSSR count). The molecule has 2 aliphatic rings. The normalized spacial score (nSPS) is 22.8. The predicted molar refractivity (Wildman–Crippen MR) is 84.4 cm³/mol. The molecule has 26 heavy (non-hydrogen) atoms. The van der Waals surface area contributed by atoms with E-state index in [0.29, 0.717) is 25.3 Å². The molecule has 2 aliphatic carbocycles. The number of halogens is 3. The van der Waals surface area contributed by atoms with Crippen LogP contribution in [0.5, 0.6) is 0 Å². The number of aliphatic hydroxyl groups is 1. The molecule has 0 amide bonds. The van der Waals surface area contributed by atoms with Gasteiger partial charge in [0.1, 0.15) is 17.0 Å². The van der Waals surface area contributed by atoms with Gasteiger partial charge in [0, 0.05) is 24.0 Å². The van der Waals surface area contributed by atoms with Gasteiger partial charge in [-0.2, -0.15) is 13.2 Å². The van der Waals surface area contributed by atoms with Gasteiger partial charge in [0.15, 0.2) is 5.78 Å². The summed E-state index contributed by atoms with van der Waals surface area (Å²) < 4.78 is 43.9. The number of allylic oxidation sites excluding steroid dienone is 2. The van der Waals surface area contributed by atoms with Gasteiger partial charge in [-0.25, -0.2) is 4.98 Å². The summed E-state index contributed by atoms with van der Waals surface area (Å²) >= 11 is 0. The second-order valence-electron chi connectivity index (χ2n) is 6.49. The van der Waals surface area contributed by atoms with E-state index in [9.17, 15) is 27.9 Å². The quantitative estimate of drug-likeness (QED) is 0.634. The zero-order valence-corrected chi connectivity index (χ0v) is 14.1. The lowest BCUT2D eigenvalue weighted by atomic mass is 9.83. The Labute approximate surface area is 147 Å². The minimum atomic E-state index is -4.66. The largest absolute Gasteiger partial charge is 0.511 e. The van der Waals surface area contributed by atoms with Crippen molar-refractivity contribution < 1.29 is 32.6 Å². The van der Waals surface area contributed by atoms with Crippen LogP contribution in [-0.2, 0) is 22.3 Å². The fourth-order valence-electron chi connectivity index (χ4n) is 3.54. The summed E-state index contributed by atoms with van der Waals surface area (Å²) in [6, 6.07) is 1.69. The van der Waals surface area contributed by atoms with Crippen LogP contribution < -0.4 is 0 Å². The van der Waals surface area contributed by atoms with Crippen molar-refractivity contribution in [2.45, 2.75) is 39.0 Å². The Morgan fingerprint density at radius 3 is 2.65 bits per heavy atom. The zero-order valence-electron chi connectivity index (χ0n) is 14.1. The number of hydrogen-bond donors (Lipinski definition) is 1. The van der Waals surface area contributed by atoms with Crippen LogP contribution in [0.15, 0.2) is 23.5 Å². The molecule has 1 aromatic heterocycles. The zero-order chi connectivity index (χ0) is 19.1. The summed E-state index contributed by atoms with van der Waals surface area (Å²) in [5, 5.41) is 10.3. The topological polar surface area (TPSA) is 76.5 Å². The van der Waals surface area contributed by atoms with Gasteiger partial charge in [-0.15, -0.1) is 0 Å². The fourth-order valence-corrected chi connectivity index (χ4v) is 3.54. The van der Waals surface area contributed by atoms with Crippen LogP contribution in [0.3, 0.4) is 0 Å². The van der Waals surface area contributed by atoms with E-state index < -0.39 is 23.4 Å². The number of carbonyl (C=O) groups excluding carboxylic acids is 2. The summed E-state index contributed by atoms with van der Waals surface area (Å²) in [4.78, 5) is 28.9. The second-order valence-corrected chi connectivity index (χ2v) is 6.49. The van der Waals surface area contributed by atoms with Gasteiger partial charge in [0.25, 0.3) is 0 Å². The highest BCUT2D eigenvalue weighted by molar-refractivity contribution is 6.28. The van der Waals surface area contributed by atoms with Crippen LogP contribution in [0, 0.1) is 11.8 Å². The Balaban J connectivity index is 2.03. The van der Waals surface area contributed by atoms with Crippen molar-refractivity contribution in [1.29, 1.82) is 0 Å². The van der Waals surface area contributed by atoms with Crippen molar-refractivity contribution in [2.24, 2.45) is 11.8 Å². The Kier molecular flexibility index (Phi) is 4.88. The molecule has 2 bridgehead atoms. The molecule has 1 N–H and O–H groups in total. The first-order valence-corrected chi connectivity index (χ1v) is 8.41. The van der Waals surface area contributed by atoms with Gasteiger partial charge in [-0.05, 0) is 38.3 Å². The number of fused-ring (bicyclic) bond motifs is 2. The van der Waals surface area contributed by atoms with Crippen molar-refractivity contribution >= 4 is 11.6 Å². The van der Waals surface area contributed by atoms with Crippen molar-refractivity contribution in [2.75, 3.05) is 6.61 Å². The maximum absolute atomic E-state index is 12.9. The molecule has 0 saturated heterocycles. The fraction of sp³-hybridized carbons (Fsp3) is 0.500.